The van der Waals surface area contributed by atoms with Crippen LogP contribution in [0.5, 0.6) is 17.2 Å². The number of rotatable bonds is 8. The minimum absolute atomic E-state index is 0.204. The highest BCUT2D eigenvalue weighted by molar-refractivity contribution is 6.02. The number of hydrogen-bond acceptors (Lipinski definition) is 4. The number of anilines is 1. The van der Waals surface area contributed by atoms with E-state index in [-0.39, 0.29) is 5.91 Å². The van der Waals surface area contributed by atoms with Gasteiger partial charge in [0.2, 0.25) is 5.91 Å². The number of hydrogen-bond donors (Lipinski definition) is 1. The van der Waals surface area contributed by atoms with Crippen molar-refractivity contribution in [1.29, 1.82) is 0 Å². The van der Waals surface area contributed by atoms with Gasteiger partial charge in [0.15, 0.2) is 11.5 Å². The summed E-state index contributed by atoms with van der Waals surface area (Å²) in [5, 5.41) is 2.88. The van der Waals surface area contributed by atoms with Gasteiger partial charge in [-0.2, -0.15) is 0 Å². The van der Waals surface area contributed by atoms with Gasteiger partial charge in [-0.3, -0.25) is 4.79 Å². The topological polar surface area (TPSA) is 56.8 Å². The van der Waals surface area contributed by atoms with Crippen LogP contribution in [-0.4, -0.2) is 26.7 Å². The van der Waals surface area contributed by atoms with Crippen molar-refractivity contribution >= 4 is 17.7 Å². The summed E-state index contributed by atoms with van der Waals surface area (Å²) in [6.07, 6.45) is 4.17. The van der Waals surface area contributed by atoms with Crippen LogP contribution in [-0.2, 0) is 4.79 Å². The summed E-state index contributed by atoms with van der Waals surface area (Å²) in [5.41, 5.74) is 2.56. The number of aryl methyl sites for hydroxylation is 1. The fourth-order valence-corrected chi connectivity index (χ4v) is 2.39. The van der Waals surface area contributed by atoms with Gasteiger partial charge in [0, 0.05) is 11.8 Å². The molecule has 0 heterocycles. The molecule has 0 saturated heterocycles. The molecule has 0 aromatic heterocycles. The molecule has 0 unspecified atom stereocenters. The lowest BCUT2D eigenvalue weighted by molar-refractivity contribution is -0.111. The molecule has 0 atom stereocenters. The van der Waals surface area contributed by atoms with Crippen LogP contribution < -0.4 is 19.5 Å². The van der Waals surface area contributed by atoms with Crippen LogP contribution in [0.4, 0.5) is 5.69 Å². The molecule has 2 aromatic carbocycles. The van der Waals surface area contributed by atoms with E-state index in [2.05, 4.69) is 12.2 Å². The van der Waals surface area contributed by atoms with Gasteiger partial charge in [-0.25, -0.2) is 0 Å². The molecule has 2 rings (SSSR count). The zero-order valence-electron chi connectivity index (χ0n) is 15.7. The summed E-state index contributed by atoms with van der Waals surface area (Å²) in [5.74, 6) is 1.87. The Morgan fingerprint density at radius 3 is 2.50 bits per heavy atom. The van der Waals surface area contributed by atoms with E-state index < -0.39 is 0 Å². The maximum Gasteiger partial charge on any atom is 0.248 e. The van der Waals surface area contributed by atoms with Crippen molar-refractivity contribution in [3.8, 4) is 17.2 Å². The molecular weight excluding hydrogens is 330 g/mol. The average molecular weight is 355 g/mol. The molecule has 0 spiro atoms. The van der Waals surface area contributed by atoms with Crippen LogP contribution >= 0.6 is 0 Å². The van der Waals surface area contributed by atoms with Gasteiger partial charge < -0.3 is 19.5 Å². The van der Waals surface area contributed by atoms with Crippen molar-refractivity contribution in [2.24, 2.45) is 0 Å². The van der Waals surface area contributed by atoms with Gasteiger partial charge in [0.25, 0.3) is 0 Å². The molecular formula is C21H25NO4. The molecule has 0 bridgehead atoms. The highest BCUT2D eigenvalue weighted by atomic mass is 16.5. The lowest BCUT2D eigenvalue weighted by atomic mass is 10.1. The highest BCUT2D eigenvalue weighted by Gasteiger charge is 2.05. The zero-order valence-corrected chi connectivity index (χ0v) is 15.7. The quantitative estimate of drug-likeness (QED) is 0.711. The van der Waals surface area contributed by atoms with Gasteiger partial charge in [-0.05, 0) is 60.9 Å². The SMILES string of the molecule is CCCOc1ccc(NC(=O)/C=C/c2ccc(OC)c(OC)c2)c(C)c1. The predicted octanol–water partition coefficient (Wildman–Crippen LogP) is 4.45. The fourth-order valence-electron chi connectivity index (χ4n) is 2.39. The molecule has 2 aromatic rings. The number of methoxy groups -OCH3 is 2. The minimum atomic E-state index is -0.204. The first kappa shape index (κ1) is 19.4. The largest absolute Gasteiger partial charge is 0.494 e. The second-order valence-electron chi connectivity index (χ2n) is 5.76. The Kier molecular flexibility index (Phi) is 7.09. The molecule has 1 amide bonds. The number of carbonyl (C=O) groups is 1. The Hall–Kier alpha value is -2.95. The molecule has 5 heteroatoms. The maximum absolute atomic E-state index is 12.2. The van der Waals surface area contributed by atoms with E-state index in [9.17, 15) is 4.79 Å². The van der Waals surface area contributed by atoms with Crippen LogP contribution in [0, 0.1) is 6.92 Å². The first-order valence-electron chi connectivity index (χ1n) is 8.52. The first-order chi connectivity index (χ1) is 12.6. The number of amides is 1. The lowest BCUT2D eigenvalue weighted by Crippen LogP contribution is -2.09. The predicted molar refractivity (Wildman–Crippen MR) is 104 cm³/mol. The second-order valence-corrected chi connectivity index (χ2v) is 5.76. The molecule has 1 N–H and O–H groups in total. The van der Waals surface area contributed by atoms with Crippen molar-refractivity contribution in [3.05, 3.63) is 53.6 Å². The Balaban J connectivity index is 2.03. The summed E-state index contributed by atoms with van der Waals surface area (Å²) in [6.45, 7) is 4.68. The van der Waals surface area contributed by atoms with Crippen molar-refractivity contribution in [2.45, 2.75) is 20.3 Å². The third-order valence-electron chi connectivity index (χ3n) is 3.76. The summed E-state index contributed by atoms with van der Waals surface area (Å²) < 4.78 is 16.1. The second kappa shape index (κ2) is 9.51. The Morgan fingerprint density at radius 2 is 1.85 bits per heavy atom. The van der Waals surface area contributed by atoms with Crippen LogP contribution in [0.25, 0.3) is 6.08 Å². The van der Waals surface area contributed by atoms with Crippen molar-refractivity contribution in [3.63, 3.8) is 0 Å². The zero-order chi connectivity index (χ0) is 18.9. The van der Waals surface area contributed by atoms with Gasteiger partial charge in [-0.15, -0.1) is 0 Å². The van der Waals surface area contributed by atoms with E-state index in [0.717, 1.165) is 29.0 Å². The van der Waals surface area contributed by atoms with Crippen LogP contribution in [0.15, 0.2) is 42.5 Å². The average Bonchev–Trinajstić information content (AvgIpc) is 2.66. The van der Waals surface area contributed by atoms with Crippen molar-refractivity contribution < 1.29 is 19.0 Å². The number of nitrogens with one attached hydrogen (secondary N) is 1. The molecule has 138 valence electrons. The fraction of sp³-hybridized carbons (Fsp3) is 0.286. The minimum Gasteiger partial charge on any atom is -0.494 e. The molecule has 0 saturated carbocycles. The number of ether oxygens (including phenoxy) is 3. The molecule has 0 aliphatic heterocycles. The highest BCUT2D eigenvalue weighted by Crippen LogP contribution is 2.28. The van der Waals surface area contributed by atoms with E-state index in [4.69, 9.17) is 14.2 Å². The Morgan fingerprint density at radius 1 is 1.08 bits per heavy atom. The molecule has 26 heavy (non-hydrogen) atoms. The standard InChI is InChI=1S/C21H25NO4/c1-5-12-26-17-8-9-18(15(2)13-17)22-21(23)11-7-16-6-10-19(24-3)20(14-16)25-4/h6-11,13-14H,5,12H2,1-4H3,(H,22,23)/b11-7+. The van der Waals surface area contributed by atoms with E-state index in [1.165, 1.54) is 6.08 Å². The normalized spacial score (nSPS) is 10.6. The van der Waals surface area contributed by atoms with E-state index in [1.54, 1.807) is 26.4 Å². The maximum atomic E-state index is 12.2. The van der Waals surface area contributed by atoms with Gasteiger partial charge >= 0.3 is 0 Å². The Bertz CT molecular complexity index is 784. The first-order valence-corrected chi connectivity index (χ1v) is 8.52. The van der Waals surface area contributed by atoms with Crippen molar-refractivity contribution in [1.82, 2.24) is 0 Å². The summed E-state index contributed by atoms with van der Waals surface area (Å²) in [4.78, 5) is 12.2. The van der Waals surface area contributed by atoms with Crippen LogP contribution in [0.1, 0.15) is 24.5 Å². The summed E-state index contributed by atoms with van der Waals surface area (Å²) in [6, 6.07) is 11.1. The molecule has 0 fully saturated rings. The monoisotopic (exact) mass is 355 g/mol. The van der Waals surface area contributed by atoms with Gasteiger partial charge in [0.1, 0.15) is 5.75 Å². The molecule has 0 aliphatic carbocycles. The van der Waals surface area contributed by atoms with E-state index in [0.29, 0.717) is 18.1 Å². The van der Waals surface area contributed by atoms with Crippen LogP contribution in [0.3, 0.4) is 0 Å². The Labute approximate surface area is 154 Å². The van der Waals surface area contributed by atoms with Gasteiger partial charge in [-0.1, -0.05) is 13.0 Å². The van der Waals surface area contributed by atoms with Crippen molar-refractivity contribution in [2.75, 3.05) is 26.1 Å². The number of carbonyl (C=O) groups excluding carboxylic acids is 1. The summed E-state index contributed by atoms with van der Waals surface area (Å²) in [7, 11) is 3.16. The summed E-state index contributed by atoms with van der Waals surface area (Å²) >= 11 is 0. The smallest absolute Gasteiger partial charge is 0.248 e. The van der Waals surface area contributed by atoms with E-state index in [1.807, 2.05) is 37.3 Å². The third kappa shape index (κ3) is 5.28. The molecule has 0 aliphatic rings. The third-order valence-corrected chi connectivity index (χ3v) is 3.76. The van der Waals surface area contributed by atoms with Gasteiger partial charge in [0.05, 0.1) is 20.8 Å². The lowest BCUT2D eigenvalue weighted by Gasteiger charge is -2.10. The van der Waals surface area contributed by atoms with Crippen LogP contribution in [0.2, 0.25) is 0 Å². The van der Waals surface area contributed by atoms with E-state index >= 15 is 0 Å². The number of benzene rings is 2. The molecule has 0 radical (unpaired) electrons. The molecule has 5 nitrogen and oxygen atoms in total.